The van der Waals surface area contributed by atoms with Gasteiger partial charge < -0.3 is 20.4 Å². The molecule has 10 nitrogen and oxygen atoms in total. The minimum Gasteiger partial charge on any atom is -0.480 e. The van der Waals surface area contributed by atoms with Crippen molar-refractivity contribution in [1.29, 1.82) is 0 Å². The Kier molecular flexibility index (Phi) is 7.22. The highest BCUT2D eigenvalue weighted by molar-refractivity contribution is 6.27. The van der Waals surface area contributed by atoms with Crippen molar-refractivity contribution >= 4 is 19.4 Å². The van der Waals surface area contributed by atoms with Gasteiger partial charge in [-0.15, -0.1) is 0 Å². The summed E-state index contributed by atoms with van der Waals surface area (Å²) in [5.74, 6) is -1.71. The van der Waals surface area contributed by atoms with Crippen molar-refractivity contribution in [2.75, 3.05) is 19.8 Å². The van der Waals surface area contributed by atoms with Gasteiger partial charge in [0.05, 0.1) is 6.73 Å². The van der Waals surface area contributed by atoms with Gasteiger partial charge in [0.1, 0.15) is 13.1 Å². The Morgan fingerprint density at radius 3 is 2.78 bits per heavy atom. The van der Waals surface area contributed by atoms with Crippen LogP contribution in [0.2, 0.25) is 6.32 Å². The van der Waals surface area contributed by atoms with Crippen molar-refractivity contribution in [2.24, 2.45) is 5.73 Å². The van der Waals surface area contributed by atoms with E-state index in [-0.39, 0.29) is 32.9 Å². The number of nitrogens with two attached hydrogens (primary N) is 1. The van der Waals surface area contributed by atoms with Crippen molar-refractivity contribution < 1.29 is 19.3 Å². The molecule has 0 fully saturated rings. The van der Waals surface area contributed by atoms with Gasteiger partial charge in [0.25, 0.3) is 13.0 Å². The molecule has 0 saturated heterocycles. The Bertz CT molecular complexity index is 670. The molecule has 1 heterocycles. The van der Waals surface area contributed by atoms with Crippen molar-refractivity contribution in [3.63, 3.8) is 0 Å². The van der Waals surface area contributed by atoms with Crippen LogP contribution in [0.3, 0.4) is 0 Å². The second-order valence-corrected chi connectivity index (χ2v) is 4.84. The van der Waals surface area contributed by atoms with E-state index in [0.29, 0.717) is 6.32 Å². The first-order valence-corrected chi connectivity index (χ1v) is 6.93. The predicted octanol–water partition coefficient (Wildman–Crippen LogP) is -2.54. The number of carbonyl (C=O) groups excluding carboxylic acids is 1. The smallest absolute Gasteiger partial charge is 0.328 e. The second kappa shape index (κ2) is 8.91. The SMILES string of the molecule is Cc1cn(CC(=O)N(CCBOCN)CC(=O)O)c(=O)[nH]c1=O. The number of carboxylic acids is 1. The Labute approximate surface area is 132 Å². The number of hydrogen-bond acceptors (Lipinski definition) is 6. The van der Waals surface area contributed by atoms with E-state index in [0.717, 1.165) is 9.47 Å². The lowest BCUT2D eigenvalue weighted by molar-refractivity contribution is -0.144. The maximum atomic E-state index is 12.2. The molecule has 0 radical (unpaired) electrons. The van der Waals surface area contributed by atoms with Crippen molar-refractivity contribution in [3.8, 4) is 0 Å². The molecule has 0 saturated carbocycles. The summed E-state index contributed by atoms with van der Waals surface area (Å²) in [5, 5.41) is 8.88. The molecule has 0 aromatic carbocycles. The lowest BCUT2D eigenvalue weighted by Gasteiger charge is -2.21. The van der Waals surface area contributed by atoms with E-state index in [2.05, 4.69) is 4.98 Å². The van der Waals surface area contributed by atoms with Gasteiger partial charge in [0.15, 0.2) is 0 Å². The minimum absolute atomic E-state index is 0.0406. The van der Waals surface area contributed by atoms with Crippen molar-refractivity contribution in [2.45, 2.75) is 19.8 Å². The van der Waals surface area contributed by atoms with Gasteiger partial charge in [-0.05, 0) is 13.2 Å². The van der Waals surface area contributed by atoms with Crippen LogP contribution >= 0.6 is 0 Å². The van der Waals surface area contributed by atoms with E-state index in [1.807, 2.05) is 0 Å². The topological polar surface area (TPSA) is 148 Å². The van der Waals surface area contributed by atoms with E-state index < -0.39 is 29.7 Å². The monoisotopic (exact) mass is 326 g/mol. The first-order chi connectivity index (χ1) is 10.8. The standard InChI is InChI=1S/C12H19BN4O6/c1-8-4-17(12(22)15-11(8)21)5-9(18)16(6-10(19)20)3-2-13-23-7-14/h4,13H,2-3,5-7,14H2,1H3,(H,19,20)(H,15,21,22). The van der Waals surface area contributed by atoms with Gasteiger partial charge in [-0.2, -0.15) is 0 Å². The fourth-order valence-electron chi connectivity index (χ4n) is 1.88. The van der Waals surface area contributed by atoms with Crippen LogP contribution in [0.25, 0.3) is 0 Å². The van der Waals surface area contributed by atoms with E-state index in [9.17, 15) is 19.2 Å². The van der Waals surface area contributed by atoms with Crippen LogP contribution in [0, 0.1) is 6.92 Å². The molecule has 23 heavy (non-hydrogen) atoms. The normalized spacial score (nSPS) is 10.3. The number of aryl methyl sites for hydroxylation is 1. The van der Waals surface area contributed by atoms with Crippen LogP contribution in [-0.4, -0.2) is 58.7 Å². The van der Waals surface area contributed by atoms with E-state index in [4.69, 9.17) is 15.5 Å². The third-order valence-electron chi connectivity index (χ3n) is 3.01. The molecule has 126 valence electrons. The van der Waals surface area contributed by atoms with E-state index in [1.54, 1.807) is 0 Å². The van der Waals surface area contributed by atoms with Gasteiger partial charge in [-0.3, -0.25) is 23.9 Å². The van der Waals surface area contributed by atoms with Gasteiger partial charge in [0.2, 0.25) is 5.91 Å². The number of H-pyrrole nitrogens is 1. The molecule has 0 unspecified atom stereocenters. The number of amides is 1. The Hall–Kier alpha value is -2.40. The molecule has 0 aliphatic carbocycles. The van der Waals surface area contributed by atoms with Crippen LogP contribution in [0.15, 0.2) is 15.8 Å². The maximum Gasteiger partial charge on any atom is 0.328 e. The summed E-state index contributed by atoms with van der Waals surface area (Å²) in [5.41, 5.74) is 4.19. The van der Waals surface area contributed by atoms with Gasteiger partial charge in [-0.1, -0.05) is 0 Å². The molecule has 0 bridgehead atoms. The number of aromatic nitrogens is 2. The highest BCUT2D eigenvalue weighted by Crippen LogP contribution is 1.97. The minimum atomic E-state index is -1.16. The molecule has 11 heteroatoms. The van der Waals surface area contributed by atoms with Crippen LogP contribution in [0.5, 0.6) is 0 Å². The van der Waals surface area contributed by atoms with Gasteiger partial charge in [-0.25, -0.2) is 4.79 Å². The number of hydrogen-bond donors (Lipinski definition) is 3. The lowest BCUT2D eigenvalue weighted by Crippen LogP contribution is -2.41. The number of rotatable bonds is 9. The molecule has 1 rings (SSSR count). The quantitative estimate of drug-likeness (QED) is 0.257. The second-order valence-electron chi connectivity index (χ2n) is 4.84. The van der Waals surface area contributed by atoms with Gasteiger partial charge in [0, 0.05) is 18.3 Å². The van der Waals surface area contributed by atoms with E-state index in [1.165, 1.54) is 13.1 Å². The summed E-state index contributed by atoms with van der Waals surface area (Å²) in [6.07, 6.45) is 1.67. The lowest BCUT2D eigenvalue weighted by atomic mass is 9.95. The highest BCUT2D eigenvalue weighted by Gasteiger charge is 2.18. The third kappa shape index (κ3) is 6.08. The molecule has 4 N–H and O–H groups in total. The molecule has 0 spiro atoms. The number of nitrogens with zero attached hydrogens (tertiary/aromatic N) is 2. The van der Waals surface area contributed by atoms with Crippen LogP contribution < -0.4 is 17.0 Å². The summed E-state index contributed by atoms with van der Waals surface area (Å²) in [6, 6.07) is 0. The predicted molar refractivity (Wildman–Crippen MR) is 82.4 cm³/mol. The van der Waals surface area contributed by atoms with E-state index >= 15 is 0 Å². The zero-order valence-electron chi connectivity index (χ0n) is 12.8. The molecule has 1 aromatic heterocycles. The summed E-state index contributed by atoms with van der Waals surface area (Å²) in [4.78, 5) is 49.2. The Balaban J connectivity index is 2.80. The summed E-state index contributed by atoms with van der Waals surface area (Å²) < 4.78 is 5.96. The largest absolute Gasteiger partial charge is 0.480 e. The molecule has 0 atom stereocenters. The van der Waals surface area contributed by atoms with Crippen LogP contribution in [0.1, 0.15) is 5.56 Å². The zero-order valence-corrected chi connectivity index (χ0v) is 12.8. The zero-order chi connectivity index (χ0) is 17.4. The van der Waals surface area contributed by atoms with Crippen LogP contribution in [0.4, 0.5) is 0 Å². The number of nitrogens with one attached hydrogen (secondary N) is 1. The van der Waals surface area contributed by atoms with Gasteiger partial charge >= 0.3 is 11.7 Å². The summed E-state index contributed by atoms with van der Waals surface area (Å²) in [7, 11) is 0.289. The molecule has 1 amide bonds. The number of aromatic amines is 1. The average molecular weight is 326 g/mol. The number of carbonyl (C=O) groups is 2. The Morgan fingerprint density at radius 2 is 2.17 bits per heavy atom. The fraction of sp³-hybridized carbons (Fsp3) is 0.500. The third-order valence-corrected chi connectivity index (χ3v) is 3.01. The molecular formula is C12H19BN4O6. The van der Waals surface area contributed by atoms with Crippen molar-refractivity contribution in [1.82, 2.24) is 14.5 Å². The van der Waals surface area contributed by atoms with Crippen LogP contribution in [-0.2, 0) is 20.8 Å². The summed E-state index contributed by atoms with van der Waals surface area (Å²) in [6.45, 7) is 0.847. The highest BCUT2D eigenvalue weighted by atomic mass is 16.4. The molecular weight excluding hydrogens is 307 g/mol. The molecule has 0 aliphatic heterocycles. The fourth-order valence-corrected chi connectivity index (χ4v) is 1.88. The molecule has 0 aliphatic rings. The average Bonchev–Trinajstić information content (AvgIpc) is 2.47. The Morgan fingerprint density at radius 1 is 1.48 bits per heavy atom. The summed E-state index contributed by atoms with van der Waals surface area (Å²) >= 11 is 0. The first kappa shape index (κ1) is 18.7. The maximum absolute atomic E-state index is 12.2. The first-order valence-electron chi connectivity index (χ1n) is 6.93. The van der Waals surface area contributed by atoms with Crippen molar-refractivity contribution in [3.05, 3.63) is 32.6 Å². The molecule has 1 aromatic rings. The number of carboxylic acid groups (broad SMARTS) is 1. The number of aliphatic carboxylic acids is 1.